The third-order valence-electron chi connectivity index (χ3n) is 5.97. The van der Waals surface area contributed by atoms with Crippen LogP contribution in [0.5, 0.6) is 11.5 Å². The van der Waals surface area contributed by atoms with Crippen molar-refractivity contribution in [2.75, 3.05) is 39.9 Å². The Balaban J connectivity index is 1.56. The molecule has 6 nitrogen and oxygen atoms in total. The summed E-state index contributed by atoms with van der Waals surface area (Å²) >= 11 is 0. The summed E-state index contributed by atoms with van der Waals surface area (Å²) in [6, 6.07) is 5.38. The first-order chi connectivity index (χ1) is 14.1. The van der Waals surface area contributed by atoms with Crippen molar-refractivity contribution in [3.63, 3.8) is 0 Å². The highest BCUT2D eigenvalue weighted by Crippen LogP contribution is 2.30. The molecule has 2 amide bonds. The summed E-state index contributed by atoms with van der Waals surface area (Å²) in [5.41, 5.74) is 0.602. The van der Waals surface area contributed by atoms with E-state index in [-0.39, 0.29) is 17.7 Å². The average Bonchev–Trinajstić information content (AvgIpc) is 2.79. The van der Waals surface area contributed by atoms with Crippen LogP contribution in [0.1, 0.15) is 62.2 Å². The normalized spacial score (nSPS) is 17.9. The minimum atomic E-state index is -0.00715. The molecule has 3 rings (SSSR count). The number of hydrogen-bond acceptors (Lipinski definition) is 4. The molecule has 2 aliphatic heterocycles. The predicted octanol–water partition coefficient (Wildman–Crippen LogP) is 3.74. The van der Waals surface area contributed by atoms with Gasteiger partial charge in [0.25, 0.3) is 5.91 Å². The molecular formula is C23H34N2O4. The van der Waals surface area contributed by atoms with E-state index in [1.54, 1.807) is 19.2 Å². The summed E-state index contributed by atoms with van der Waals surface area (Å²) in [4.78, 5) is 29.5. The van der Waals surface area contributed by atoms with E-state index in [9.17, 15) is 9.59 Å². The quantitative estimate of drug-likeness (QED) is 0.652. The molecule has 29 heavy (non-hydrogen) atoms. The Bertz CT molecular complexity index is 692. The zero-order valence-electron chi connectivity index (χ0n) is 17.8. The molecule has 2 saturated heterocycles. The van der Waals surface area contributed by atoms with E-state index in [2.05, 4.69) is 6.92 Å². The number of methoxy groups -OCH3 is 1. The molecule has 0 aromatic heterocycles. The van der Waals surface area contributed by atoms with Crippen LogP contribution in [-0.2, 0) is 4.79 Å². The van der Waals surface area contributed by atoms with Gasteiger partial charge >= 0.3 is 0 Å². The highest BCUT2D eigenvalue weighted by Gasteiger charge is 2.31. The zero-order chi connectivity index (χ0) is 20.6. The van der Waals surface area contributed by atoms with Crippen LogP contribution in [0.2, 0.25) is 0 Å². The Kier molecular flexibility index (Phi) is 7.78. The number of likely N-dealkylation sites (tertiary alicyclic amines) is 2. The summed E-state index contributed by atoms with van der Waals surface area (Å²) in [5.74, 6) is 1.59. The van der Waals surface area contributed by atoms with Crippen LogP contribution in [0.4, 0.5) is 0 Å². The van der Waals surface area contributed by atoms with E-state index in [0.29, 0.717) is 36.8 Å². The number of benzene rings is 1. The van der Waals surface area contributed by atoms with E-state index in [1.165, 1.54) is 6.42 Å². The van der Waals surface area contributed by atoms with Gasteiger partial charge in [-0.05, 0) is 56.7 Å². The van der Waals surface area contributed by atoms with Gasteiger partial charge in [0.2, 0.25) is 5.91 Å². The van der Waals surface area contributed by atoms with Crippen LogP contribution < -0.4 is 9.47 Å². The van der Waals surface area contributed by atoms with Crippen molar-refractivity contribution >= 4 is 11.8 Å². The van der Waals surface area contributed by atoms with E-state index in [4.69, 9.17) is 9.47 Å². The first-order valence-electron chi connectivity index (χ1n) is 11.0. The Labute approximate surface area is 174 Å². The molecule has 1 aromatic rings. The second-order valence-corrected chi connectivity index (χ2v) is 8.02. The highest BCUT2D eigenvalue weighted by atomic mass is 16.5. The van der Waals surface area contributed by atoms with Crippen LogP contribution in [0.3, 0.4) is 0 Å². The summed E-state index contributed by atoms with van der Waals surface area (Å²) in [5, 5.41) is 0. The summed E-state index contributed by atoms with van der Waals surface area (Å²) in [6.07, 6.45) is 6.99. The highest BCUT2D eigenvalue weighted by molar-refractivity contribution is 5.95. The van der Waals surface area contributed by atoms with Crippen LogP contribution in [0.25, 0.3) is 0 Å². The van der Waals surface area contributed by atoms with Crippen molar-refractivity contribution in [1.29, 1.82) is 0 Å². The Hall–Kier alpha value is -2.24. The van der Waals surface area contributed by atoms with Crippen LogP contribution in [-0.4, -0.2) is 61.5 Å². The molecular weight excluding hydrogens is 368 g/mol. The predicted molar refractivity (Wildman–Crippen MR) is 112 cm³/mol. The van der Waals surface area contributed by atoms with Crippen LogP contribution >= 0.6 is 0 Å². The van der Waals surface area contributed by atoms with Gasteiger partial charge in [-0.2, -0.15) is 0 Å². The molecule has 0 radical (unpaired) electrons. The summed E-state index contributed by atoms with van der Waals surface area (Å²) in [7, 11) is 1.59. The van der Waals surface area contributed by atoms with Crippen molar-refractivity contribution in [1.82, 2.24) is 9.80 Å². The number of carbonyl (C=O) groups is 2. The monoisotopic (exact) mass is 402 g/mol. The Morgan fingerprint density at radius 3 is 2.38 bits per heavy atom. The average molecular weight is 403 g/mol. The number of ether oxygens (including phenoxy) is 2. The number of piperidine rings is 2. The van der Waals surface area contributed by atoms with Crippen molar-refractivity contribution < 1.29 is 19.1 Å². The lowest BCUT2D eigenvalue weighted by Gasteiger charge is -2.35. The maximum Gasteiger partial charge on any atom is 0.253 e. The van der Waals surface area contributed by atoms with Gasteiger partial charge in [0.1, 0.15) is 0 Å². The standard InChI is InChI=1S/C23H34N2O4/c1-3-4-16-29-20-9-8-19(17-21(20)28-2)23(27)25-14-10-18(11-15-25)22(26)24-12-6-5-7-13-24/h8-9,17-18H,3-7,10-16H2,1-2H3. The lowest BCUT2D eigenvalue weighted by Crippen LogP contribution is -2.45. The van der Waals surface area contributed by atoms with Crippen molar-refractivity contribution in [2.24, 2.45) is 5.92 Å². The van der Waals surface area contributed by atoms with Crippen molar-refractivity contribution in [3.8, 4) is 11.5 Å². The maximum absolute atomic E-state index is 13.0. The largest absolute Gasteiger partial charge is 0.493 e. The maximum atomic E-state index is 13.0. The molecule has 0 bridgehead atoms. The van der Waals surface area contributed by atoms with Crippen molar-refractivity contribution in [2.45, 2.75) is 51.9 Å². The smallest absolute Gasteiger partial charge is 0.253 e. The minimum Gasteiger partial charge on any atom is -0.493 e. The lowest BCUT2D eigenvalue weighted by atomic mass is 9.94. The molecule has 0 atom stereocenters. The molecule has 2 aliphatic rings. The van der Waals surface area contributed by atoms with Crippen LogP contribution in [0.15, 0.2) is 18.2 Å². The number of unbranched alkanes of at least 4 members (excludes halogenated alkanes) is 1. The van der Waals surface area contributed by atoms with E-state index in [1.807, 2.05) is 15.9 Å². The Morgan fingerprint density at radius 2 is 1.72 bits per heavy atom. The molecule has 160 valence electrons. The second kappa shape index (κ2) is 10.5. The lowest BCUT2D eigenvalue weighted by molar-refractivity contribution is -0.137. The van der Waals surface area contributed by atoms with Gasteiger partial charge in [-0.1, -0.05) is 13.3 Å². The first kappa shape index (κ1) is 21.5. The van der Waals surface area contributed by atoms with Gasteiger partial charge in [-0.3, -0.25) is 9.59 Å². The molecule has 0 unspecified atom stereocenters. The van der Waals surface area contributed by atoms with Gasteiger partial charge in [0.05, 0.1) is 13.7 Å². The first-order valence-corrected chi connectivity index (χ1v) is 11.0. The number of hydrogen-bond donors (Lipinski definition) is 0. The van der Waals surface area contributed by atoms with Gasteiger partial charge in [0.15, 0.2) is 11.5 Å². The van der Waals surface area contributed by atoms with Crippen molar-refractivity contribution in [3.05, 3.63) is 23.8 Å². The van der Waals surface area contributed by atoms with Gasteiger partial charge in [0, 0.05) is 37.7 Å². The molecule has 0 saturated carbocycles. The molecule has 1 aromatic carbocycles. The van der Waals surface area contributed by atoms with Gasteiger partial charge in [-0.25, -0.2) is 0 Å². The Morgan fingerprint density at radius 1 is 1.00 bits per heavy atom. The number of rotatable bonds is 7. The van der Waals surface area contributed by atoms with Gasteiger partial charge in [-0.15, -0.1) is 0 Å². The third kappa shape index (κ3) is 5.43. The number of carbonyl (C=O) groups excluding carboxylic acids is 2. The second-order valence-electron chi connectivity index (χ2n) is 8.02. The molecule has 0 spiro atoms. The topological polar surface area (TPSA) is 59.1 Å². The van der Waals surface area contributed by atoms with E-state index in [0.717, 1.165) is 51.6 Å². The molecule has 2 fully saturated rings. The SMILES string of the molecule is CCCCOc1ccc(C(=O)N2CCC(C(=O)N3CCCCC3)CC2)cc1OC. The molecule has 0 N–H and O–H groups in total. The van der Waals surface area contributed by atoms with Gasteiger partial charge < -0.3 is 19.3 Å². The molecule has 0 aliphatic carbocycles. The number of nitrogens with zero attached hydrogens (tertiary/aromatic N) is 2. The van der Waals surface area contributed by atoms with E-state index >= 15 is 0 Å². The van der Waals surface area contributed by atoms with Crippen LogP contribution in [0, 0.1) is 5.92 Å². The summed E-state index contributed by atoms with van der Waals surface area (Å²) < 4.78 is 11.2. The fourth-order valence-corrected chi connectivity index (χ4v) is 4.13. The summed E-state index contributed by atoms with van der Waals surface area (Å²) in [6.45, 7) is 5.79. The fourth-order valence-electron chi connectivity index (χ4n) is 4.13. The molecule has 6 heteroatoms. The molecule has 2 heterocycles. The minimum absolute atomic E-state index is 0.00715. The zero-order valence-corrected chi connectivity index (χ0v) is 17.8. The third-order valence-corrected chi connectivity index (χ3v) is 5.97. The fraction of sp³-hybridized carbons (Fsp3) is 0.652. The number of amides is 2. The van der Waals surface area contributed by atoms with E-state index < -0.39 is 0 Å².